The molecule has 1 saturated carbocycles. The fourth-order valence-electron chi connectivity index (χ4n) is 5.76. The number of nitrogens with zero attached hydrogens (tertiary/aromatic N) is 1. The van der Waals surface area contributed by atoms with Gasteiger partial charge in [-0.3, -0.25) is 14.4 Å². The number of nitrogens with one attached hydrogen (secondary N) is 1. The Morgan fingerprint density at radius 3 is 1.95 bits per heavy atom. The molecule has 0 aromatic heterocycles. The van der Waals surface area contributed by atoms with Crippen molar-refractivity contribution < 1.29 is 41.8 Å². The van der Waals surface area contributed by atoms with Crippen LogP contribution in [-0.4, -0.2) is 61.6 Å². The first kappa shape index (κ1) is 30.0. The second-order valence-corrected chi connectivity index (χ2v) is 10.1. The van der Waals surface area contributed by atoms with Gasteiger partial charge in [-0.2, -0.15) is 13.2 Å². The fourth-order valence-corrected chi connectivity index (χ4v) is 5.76. The van der Waals surface area contributed by atoms with Gasteiger partial charge in [0.2, 0.25) is 11.3 Å². The molecule has 1 atom stereocenters. The highest BCUT2D eigenvalue weighted by Gasteiger charge is 2.71. The molecule has 0 spiro atoms. The Labute approximate surface area is 236 Å². The molecule has 0 saturated heterocycles. The third kappa shape index (κ3) is 5.25. The highest BCUT2D eigenvalue weighted by Crippen LogP contribution is 2.48. The lowest BCUT2D eigenvalue weighted by Gasteiger charge is -2.35. The number of allylic oxidation sites excluding steroid dienone is 1. The molecule has 11 heteroatoms. The van der Waals surface area contributed by atoms with Gasteiger partial charge in [-0.1, -0.05) is 56.0 Å². The van der Waals surface area contributed by atoms with E-state index in [1.165, 1.54) is 64.7 Å². The van der Waals surface area contributed by atoms with Crippen LogP contribution in [0.1, 0.15) is 66.2 Å². The standard InChI is InChI=1S/C30H33F3N2O6/c1-18-24(25(36)19-12-8-7-9-13-19)29(30(31,32)33,28(38)35(18)21-14-10-5-6-11-15-21)34-27(37)20-16-22(39-2)26(41-4)23(17-20)40-3/h7-9,12-13,16-17,21H,5-6,10-11,14-15H2,1-4H3,(H,34,37)/t29-/m0/s1. The maximum absolute atomic E-state index is 15.4. The number of amides is 2. The zero-order valence-electron chi connectivity index (χ0n) is 23.4. The molecular formula is C30H33F3N2O6. The first-order valence-electron chi connectivity index (χ1n) is 13.4. The van der Waals surface area contributed by atoms with Crippen LogP contribution in [0.15, 0.2) is 53.7 Å². The van der Waals surface area contributed by atoms with Crippen molar-refractivity contribution in [3.63, 3.8) is 0 Å². The maximum Gasteiger partial charge on any atom is 0.425 e. The van der Waals surface area contributed by atoms with E-state index in [9.17, 15) is 14.4 Å². The summed E-state index contributed by atoms with van der Waals surface area (Å²) in [7, 11) is 3.93. The smallest absolute Gasteiger partial charge is 0.425 e. The summed E-state index contributed by atoms with van der Waals surface area (Å²) in [5.41, 5.74) is -4.86. The molecule has 1 N–H and O–H groups in total. The molecule has 1 heterocycles. The van der Waals surface area contributed by atoms with E-state index in [2.05, 4.69) is 0 Å². The monoisotopic (exact) mass is 574 g/mol. The predicted molar refractivity (Wildman–Crippen MR) is 144 cm³/mol. The van der Waals surface area contributed by atoms with Gasteiger partial charge < -0.3 is 24.4 Å². The van der Waals surface area contributed by atoms with E-state index in [0.29, 0.717) is 12.8 Å². The Morgan fingerprint density at radius 1 is 0.902 bits per heavy atom. The van der Waals surface area contributed by atoms with Crippen LogP contribution in [0.4, 0.5) is 13.2 Å². The molecule has 220 valence electrons. The number of methoxy groups -OCH3 is 3. The van der Waals surface area contributed by atoms with E-state index in [0.717, 1.165) is 30.6 Å². The molecule has 1 fully saturated rings. The lowest BCUT2D eigenvalue weighted by Crippen LogP contribution is -2.66. The topological polar surface area (TPSA) is 94.2 Å². The summed E-state index contributed by atoms with van der Waals surface area (Å²) in [6, 6.07) is 9.24. The normalized spacial score (nSPS) is 20.1. The van der Waals surface area contributed by atoms with Gasteiger partial charge in [0.05, 0.1) is 26.9 Å². The van der Waals surface area contributed by atoms with Crippen molar-refractivity contribution in [2.45, 2.75) is 63.2 Å². The number of ether oxygens (including phenoxy) is 3. The molecule has 1 aliphatic carbocycles. The third-order valence-electron chi connectivity index (χ3n) is 7.74. The van der Waals surface area contributed by atoms with E-state index in [1.54, 1.807) is 6.07 Å². The van der Waals surface area contributed by atoms with E-state index >= 15 is 13.2 Å². The molecule has 1 aliphatic heterocycles. The van der Waals surface area contributed by atoms with Gasteiger partial charge >= 0.3 is 6.18 Å². The van der Waals surface area contributed by atoms with Crippen LogP contribution in [0.5, 0.6) is 17.2 Å². The first-order chi connectivity index (χ1) is 19.5. The largest absolute Gasteiger partial charge is 0.493 e. The summed E-state index contributed by atoms with van der Waals surface area (Å²) >= 11 is 0. The molecule has 41 heavy (non-hydrogen) atoms. The fraction of sp³-hybridized carbons (Fsp3) is 0.433. The lowest BCUT2D eigenvalue weighted by molar-refractivity contribution is -0.190. The second-order valence-electron chi connectivity index (χ2n) is 10.1. The number of alkyl halides is 3. The van der Waals surface area contributed by atoms with Gasteiger partial charge in [0.25, 0.3) is 11.8 Å². The average Bonchev–Trinajstić information content (AvgIpc) is 3.12. The average molecular weight is 575 g/mol. The molecule has 4 rings (SSSR count). The molecule has 8 nitrogen and oxygen atoms in total. The zero-order chi connectivity index (χ0) is 29.9. The summed E-state index contributed by atoms with van der Waals surface area (Å²) < 4.78 is 61.8. The Kier molecular flexibility index (Phi) is 8.65. The Morgan fingerprint density at radius 2 is 1.46 bits per heavy atom. The molecule has 0 radical (unpaired) electrons. The Balaban J connectivity index is 1.90. The van der Waals surface area contributed by atoms with E-state index in [4.69, 9.17) is 14.2 Å². The minimum absolute atomic E-state index is 0.0307. The van der Waals surface area contributed by atoms with Crippen molar-refractivity contribution in [1.29, 1.82) is 0 Å². The maximum atomic E-state index is 15.4. The van der Waals surface area contributed by atoms with Crippen LogP contribution in [-0.2, 0) is 4.79 Å². The number of rotatable bonds is 8. The van der Waals surface area contributed by atoms with Crippen molar-refractivity contribution in [2.24, 2.45) is 0 Å². The first-order valence-corrected chi connectivity index (χ1v) is 13.4. The SMILES string of the molecule is COc1cc(C(=O)N[C@]2(C(F)(F)F)C(=O)N(C3CCCCCC3)C(C)=C2C(=O)c2ccccc2)cc(OC)c1OC. The summed E-state index contributed by atoms with van der Waals surface area (Å²) in [5.74, 6) is -3.44. The van der Waals surface area contributed by atoms with Crippen LogP contribution in [0, 0.1) is 0 Å². The summed E-state index contributed by atoms with van der Waals surface area (Å²) in [5, 5.41) is 1.97. The van der Waals surface area contributed by atoms with Gasteiger partial charge in [-0.15, -0.1) is 0 Å². The molecule has 2 aromatic carbocycles. The van der Waals surface area contributed by atoms with Gasteiger partial charge in [-0.05, 0) is 31.9 Å². The van der Waals surface area contributed by atoms with Crippen LogP contribution in [0.3, 0.4) is 0 Å². The molecule has 2 aromatic rings. The molecule has 2 aliphatic rings. The molecule has 0 bridgehead atoms. The quantitative estimate of drug-likeness (QED) is 0.332. The number of benzene rings is 2. The third-order valence-corrected chi connectivity index (χ3v) is 7.74. The molecule has 2 amide bonds. The predicted octanol–water partition coefficient (Wildman–Crippen LogP) is 5.47. The van der Waals surface area contributed by atoms with Crippen LogP contribution < -0.4 is 19.5 Å². The number of hydrogen-bond donors (Lipinski definition) is 1. The second kappa shape index (κ2) is 11.8. The summed E-state index contributed by atoms with van der Waals surface area (Å²) in [6.07, 6.45) is -1.10. The van der Waals surface area contributed by atoms with Crippen molar-refractivity contribution in [1.82, 2.24) is 10.2 Å². The number of carbonyl (C=O) groups is 3. The van der Waals surface area contributed by atoms with E-state index < -0.39 is 40.9 Å². The van der Waals surface area contributed by atoms with Crippen molar-refractivity contribution in [3.05, 3.63) is 64.9 Å². The Bertz CT molecular complexity index is 1320. The minimum Gasteiger partial charge on any atom is -0.493 e. The molecular weight excluding hydrogens is 541 g/mol. The molecule has 0 unspecified atom stereocenters. The number of Topliss-reactive ketones (excluding diaryl/α,β-unsaturated/α-hetero) is 1. The lowest BCUT2D eigenvalue weighted by atomic mass is 9.84. The van der Waals surface area contributed by atoms with Crippen LogP contribution in [0.2, 0.25) is 0 Å². The number of hydrogen-bond acceptors (Lipinski definition) is 6. The van der Waals surface area contributed by atoms with Crippen molar-refractivity contribution >= 4 is 17.6 Å². The summed E-state index contributed by atoms with van der Waals surface area (Å²) in [6.45, 7) is 1.35. The zero-order valence-corrected chi connectivity index (χ0v) is 23.4. The van der Waals surface area contributed by atoms with Gasteiger partial charge in [-0.25, -0.2) is 0 Å². The van der Waals surface area contributed by atoms with Crippen molar-refractivity contribution in [3.8, 4) is 17.2 Å². The van der Waals surface area contributed by atoms with E-state index in [-0.39, 0.29) is 34.1 Å². The van der Waals surface area contributed by atoms with Crippen LogP contribution >= 0.6 is 0 Å². The minimum atomic E-state index is -5.36. The highest BCUT2D eigenvalue weighted by atomic mass is 19.4. The highest BCUT2D eigenvalue weighted by molar-refractivity contribution is 6.19. The number of halogens is 3. The number of ketones is 1. The van der Waals surface area contributed by atoms with Gasteiger partial charge in [0.1, 0.15) is 0 Å². The Hall–Kier alpha value is -4.02. The van der Waals surface area contributed by atoms with Gasteiger partial charge in [0.15, 0.2) is 17.3 Å². The summed E-state index contributed by atoms with van der Waals surface area (Å²) in [4.78, 5) is 42.6. The van der Waals surface area contributed by atoms with Crippen molar-refractivity contribution in [2.75, 3.05) is 21.3 Å². The number of carbonyl (C=O) groups excluding carboxylic acids is 3. The van der Waals surface area contributed by atoms with Crippen LogP contribution in [0.25, 0.3) is 0 Å². The van der Waals surface area contributed by atoms with Gasteiger partial charge in [0, 0.05) is 22.9 Å². The van der Waals surface area contributed by atoms with E-state index in [1.807, 2.05) is 5.32 Å².